The molecule has 0 saturated carbocycles. The van der Waals surface area contributed by atoms with Crippen molar-refractivity contribution in [3.05, 3.63) is 74.9 Å². The van der Waals surface area contributed by atoms with Gasteiger partial charge in [-0.05, 0) is 18.6 Å². The molecule has 0 aliphatic rings. The Bertz CT molecular complexity index is 770. The highest BCUT2D eigenvalue weighted by atomic mass is 16.0. The molecular weight excluding hydrogens is 311 g/mol. The molecule has 0 aromatic carbocycles. The standard InChI is InChI=1S/C13H15BN8.2H2O/c1-18-8-9-22(13-18)14(19-5-2-15-10-19,20-6-3-16-11-20)21-7-4-17-12-21;;/h2-13H,1H3;2*1H2. The molecule has 4 heterocycles. The second-order valence-corrected chi connectivity index (χ2v) is 5.25. The van der Waals surface area contributed by atoms with Crippen LogP contribution in [0.2, 0.25) is 0 Å². The van der Waals surface area contributed by atoms with Crippen LogP contribution in [0.15, 0.2) is 74.9 Å². The molecule has 24 heavy (non-hydrogen) atoms. The van der Waals surface area contributed by atoms with Crippen LogP contribution < -0.4 is 4.48 Å². The first-order valence-electron chi connectivity index (χ1n) is 6.94. The van der Waals surface area contributed by atoms with Crippen molar-refractivity contribution >= 4 is 6.69 Å². The van der Waals surface area contributed by atoms with Crippen molar-refractivity contribution in [3.8, 4) is 0 Å². The van der Waals surface area contributed by atoms with Crippen molar-refractivity contribution in [2.24, 2.45) is 7.05 Å². The van der Waals surface area contributed by atoms with Crippen LogP contribution in [-0.4, -0.2) is 50.6 Å². The zero-order valence-electron chi connectivity index (χ0n) is 13.1. The van der Waals surface area contributed by atoms with Crippen molar-refractivity contribution < 1.29 is 15.4 Å². The van der Waals surface area contributed by atoms with Crippen LogP contribution in [0.5, 0.6) is 0 Å². The van der Waals surface area contributed by atoms with Gasteiger partial charge in [0.05, 0.1) is 32.2 Å². The van der Waals surface area contributed by atoms with Crippen molar-refractivity contribution in [3.63, 3.8) is 0 Å². The minimum Gasteiger partial charge on any atom is -0.433 e. The molecule has 0 aliphatic heterocycles. The molecule has 0 atom stereocenters. The van der Waals surface area contributed by atoms with Gasteiger partial charge in [-0.15, -0.1) is 0 Å². The molecular formula is C13H19BN8O2. The summed E-state index contributed by atoms with van der Waals surface area (Å²) in [6.45, 7) is -1.62. The van der Waals surface area contributed by atoms with E-state index in [0.29, 0.717) is 0 Å². The molecule has 4 aromatic heterocycles. The van der Waals surface area contributed by atoms with Gasteiger partial charge in [0.1, 0.15) is 6.20 Å². The monoisotopic (exact) mass is 330 g/mol. The van der Waals surface area contributed by atoms with Gasteiger partial charge in [-0.25, -0.2) is 19.5 Å². The van der Waals surface area contributed by atoms with Crippen LogP contribution in [0.3, 0.4) is 0 Å². The van der Waals surface area contributed by atoms with E-state index in [1.165, 1.54) is 0 Å². The van der Waals surface area contributed by atoms with Gasteiger partial charge in [-0.2, -0.15) is 0 Å². The number of nitrogens with zero attached hydrogens (tertiary/aromatic N) is 8. The molecule has 0 radical (unpaired) electrons. The van der Waals surface area contributed by atoms with E-state index in [9.17, 15) is 0 Å². The Labute approximate surface area is 137 Å². The maximum atomic E-state index is 4.23. The summed E-state index contributed by atoms with van der Waals surface area (Å²) in [7, 11) is 1.99. The molecule has 0 bridgehead atoms. The summed E-state index contributed by atoms with van der Waals surface area (Å²) < 4.78 is 10.3. The Balaban J connectivity index is 0.00000104. The summed E-state index contributed by atoms with van der Waals surface area (Å²) in [5.74, 6) is 0. The second kappa shape index (κ2) is 6.52. The summed E-state index contributed by atoms with van der Waals surface area (Å²) in [6, 6.07) is 0. The molecule has 11 heteroatoms. The highest BCUT2D eigenvalue weighted by molar-refractivity contribution is 6.66. The second-order valence-electron chi connectivity index (χ2n) is 5.25. The number of aryl methyl sites for hydroxylation is 1. The molecule has 126 valence electrons. The quantitative estimate of drug-likeness (QED) is 0.409. The number of imidazole rings is 4. The third kappa shape index (κ3) is 2.32. The average molecular weight is 330 g/mol. The molecule has 0 fully saturated rings. The summed E-state index contributed by atoms with van der Waals surface area (Å²) >= 11 is 0. The fourth-order valence-corrected chi connectivity index (χ4v) is 3.02. The lowest BCUT2D eigenvalue weighted by Crippen LogP contribution is -2.77. The highest BCUT2D eigenvalue weighted by Crippen LogP contribution is 2.10. The van der Waals surface area contributed by atoms with Crippen molar-refractivity contribution in [1.29, 1.82) is 0 Å². The van der Waals surface area contributed by atoms with Crippen molar-refractivity contribution in [2.45, 2.75) is 0 Å². The minimum absolute atomic E-state index is 0. The van der Waals surface area contributed by atoms with Gasteiger partial charge in [0.15, 0.2) is 0 Å². The van der Waals surface area contributed by atoms with Crippen molar-refractivity contribution in [1.82, 2.24) is 33.0 Å². The molecule has 10 nitrogen and oxygen atoms in total. The van der Waals surface area contributed by atoms with Crippen molar-refractivity contribution in [2.75, 3.05) is 0 Å². The Morgan fingerprint density at radius 3 is 1.50 bits per heavy atom. The SMILES string of the molecule is Cn1cc[n+]([B-](n2ccnc2)(n2ccnc2)n2ccnc2)c1.O.O. The minimum atomic E-state index is -1.62. The lowest BCUT2D eigenvalue weighted by molar-refractivity contribution is -0.555. The number of hydrogen-bond donors (Lipinski definition) is 0. The van der Waals surface area contributed by atoms with E-state index >= 15 is 0 Å². The Hall–Kier alpha value is -3.18. The fraction of sp³-hybridized carbons (Fsp3) is 0.0769. The Morgan fingerprint density at radius 1 is 0.750 bits per heavy atom. The van der Waals surface area contributed by atoms with Crippen LogP contribution in [-0.2, 0) is 7.05 Å². The Morgan fingerprint density at radius 2 is 1.21 bits per heavy atom. The van der Waals surface area contributed by atoms with Gasteiger partial charge in [0.2, 0.25) is 6.33 Å². The molecule has 4 rings (SSSR count). The number of aromatic nitrogens is 8. The fourth-order valence-electron chi connectivity index (χ4n) is 3.02. The van der Waals surface area contributed by atoms with Crippen LogP contribution in [0.4, 0.5) is 0 Å². The van der Waals surface area contributed by atoms with Gasteiger partial charge >= 0.3 is 6.69 Å². The summed E-state index contributed by atoms with van der Waals surface area (Å²) in [6.07, 6.45) is 22.6. The number of rotatable bonds is 4. The lowest BCUT2D eigenvalue weighted by Gasteiger charge is -2.39. The lowest BCUT2D eigenvalue weighted by atomic mass is 9.72. The van der Waals surface area contributed by atoms with Crippen LogP contribution >= 0.6 is 0 Å². The first-order chi connectivity index (χ1) is 10.8. The zero-order chi connectivity index (χ0) is 15.0. The third-order valence-corrected chi connectivity index (χ3v) is 3.96. The van der Waals surface area contributed by atoms with E-state index < -0.39 is 6.69 Å². The van der Waals surface area contributed by atoms with Gasteiger partial charge in [0, 0.05) is 18.6 Å². The molecule has 4 N–H and O–H groups in total. The largest absolute Gasteiger partial charge is 0.505 e. The summed E-state index contributed by atoms with van der Waals surface area (Å²) in [4.78, 5) is 12.7. The average Bonchev–Trinajstić information content (AvgIpc) is 3.31. The smallest absolute Gasteiger partial charge is 0.433 e. The normalized spacial score (nSPS) is 10.9. The maximum Gasteiger partial charge on any atom is 0.505 e. The van der Waals surface area contributed by atoms with Crippen LogP contribution in [0, 0.1) is 0 Å². The van der Waals surface area contributed by atoms with E-state index in [2.05, 4.69) is 32.9 Å². The van der Waals surface area contributed by atoms with E-state index in [1.54, 1.807) is 37.6 Å². The van der Waals surface area contributed by atoms with Crippen LogP contribution in [0.1, 0.15) is 0 Å². The summed E-state index contributed by atoms with van der Waals surface area (Å²) in [5, 5.41) is 0. The maximum absolute atomic E-state index is 4.23. The first kappa shape index (κ1) is 17.2. The van der Waals surface area contributed by atoms with Gasteiger partial charge < -0.3 is 28.9 Å². The molecule has 0 spiro atoms. The van der Waals surface area contributed by atoms with Crippen LogP contribution in [0.25, 0.3) is 0 Å². The molecule has 0 aliphatic carbocycles. The van der Waals surface area contributed by atoms with E-state index in [0.717, 1.165) is 0 Å². The van der Waals surface area contributed by atoms with Gasteiger partial charge in [-0.3, -0.25) is 0 Å². The molecule has 0 saturated heterocycles. The van der Waals surface area contributed by atoms with E-state index in [-0.39, 0.29) is 11.0 Å². The van der Waals surface area contributed by atoms with E-state index in [1.807, 2.05) is 48.9 Å². The molecule has 0 unspecified atom stereocenters. The zero-order valence-corrected chi connectivity index (χ0v) is 13.1. The first-order valence-corrected chi connectivity index (χ1v) is 6.94. The topological polar surface area (TPSA) is 125 Å². The van der Waals surface area contributed by atoms with E-state index in [4.69, 9.17) is 0 Å². The third-order valence-electron chi connectivity index (χ3n) is 3.96. The molecule has 0 amide bonds. The highest BCUT2D eigenvalue weighted by Gasteiger charge is 2.40. The van der Waals surface area contributed by atoms with Gasteiger partial charge in [-0.1, -0.05) is 0 Å². The predicted molar refractivity (Wildman–Crippen MR) is 86.9 cm³/mol. The predicted octanol–water partition coefficient (Wildman–Crippen LogP) is -1.82. The molecule has 4 aromatic rings. The number of hydrogen-bond acceptors (Lipinski definition) is 3. The summed E-state index contributed by atoms with van der Waals surface area (Å²) in [5.41, 5.74) is 0. The van der Waals surface area contributed by atoms with Gasteiger partial charge in [0.25, 0.3) is 0 Å². The Kier molecular flexibility index (Phi) is 4.67.